The molecule has 0 fully saturated rings. The Bertz CT molecular complexity index is 632. The van der Waals surface area contributed by atoms with Gasteiger partial charge < -0.3 is 30.4 Å². The van der Waals surface area contributed by atoms with Gasteiger partial charge in [0.25, 0.3) is 0 Å². The summed E-state index contributed by atoms with van der Waals surface area (Å²) in [5, 5.41) is 0. The van der Waals surface area contributed by atoms with Gasteiger partial charge in [-0.3, -0.25) is 0 Å². The Balaban J connectivity index is 0.000000300. The van der Waals surface area contributed by atoms with Crippen LogP contribution in [-0.4, -0.2) is 53.0 Å². The van der Waals surface area contributed by atoms with Crippen LogP contribution < -0.4 is 30.4 Å². The van der Waals surface area contributed by atoms with Gasteiger partial charge in [-0.05, 0) is 45.9 Å². The van der Waals surface area contributed by atoms with Crippen LogP contribution in [0, 0.1) is 0 Å². The first-order chi connectivity index (χ1) is 14.7. The highest BCUT2D eigenvalue weighted by atomic mass is 33.1. The lowest BCUT2D eigenvalue weighted by atomic mass is 10.3. The van der Waals surface area contributed by atoms with E-state index in [1.807, 2.05) is 36.4 Å². The van der Waals surface area contributed by atoms with Crippen molar-refractivity contribution in [2.75, 3.05) is 53.0 Å². The van der Waals surface area contributed by atoms with Crippen LogP contribution in [0.25, 0.3) is 0 Å². The van der Waals surface area contributed by atoms with E-state index in [4.69, 9.17) is 30.4 Å². The predicted molar refractivity (Wildman–Crippen MR) is 134 cm³/mol. The van der Waals surface area contributed by atoms with Crippen molar-refractivity contribution in [2.24, 2.45) is 11.5 Å². The topological polar surface area (TPSA) is 89.0 Å². The maximum absolute atomic E-state index is 5.44. The summed E-state index contributed by atoms with van der Waals surface area (Å²) >= 11 is 0. The zero-order valence-corrected chi connectivity index (χ0v) is 21.0. The molecule has 168 valence electrons. The van der Waals surface area contributed by atoms with Crippen LogP contribution in [0.3, 0.4) is 0 Å². The molecule has 0 unspecified atom stereocenters. The molecular weight excluding hydrogens is 460 g/mol. The summed E-state index contributed by atoms with van der Waals surface area (Å²) in [5.74, 6) is 5.16. The number of hydrogen-bond acceptors (Lipinski definition) is 10. The lowest BCUT2D eigenvalue weighted by Gasteiger charge is -2.11. The minimum Gasteiger partial charge on any atom is -0.495 e. The molecule has 2 aromatic rings. The first-order valence-electron chi connectivity index (χ1n) is 9.07. The van der Waals surface area contributed by atoms with E-state index >= 15 is 0 Å². The van der Waals surface area contributed by atoms with E-state index in [2.05, 4.69) is 0 Å². The Morgan fingerprint density at radius 2 is 0.900 bits per heavy atom. The first-order valence-corrected chi connectivity index (χ1v) is 13.7. The molecule has 0 heterocycles. The lowest BCUT2D eigenvalue weighted by Crippen LogP contribution is -2.00. The molecule has 0 bridgehead atoms. The summed E-state index contributed by atoms with van der Waals surface area (Å²) in [6, 6.07) is 11.5. The molecule has 10 heteroatoms. The quantitative estimate of drug-likeness (QED) is 0.319. The van der Waals surface area contributed by atoms with Gasteiger partial charge in [-0.1, -0.05) is 33.7 Å². The van der Waals surface area contributed by atoms with E-state index < -0.39 is 0 Å². The van der Waals surface area contributed by atoms with E-state index in [1.54, 1.807) is 71.6 Å². The van der Waals surface area contributed by atoms with Crippen molar-refractivity contribution >= 4 is 43.2 Å². The molecule has 6 nitrogen and oxygen atoms in total. The zero-order chi connectivity index (χ0) is 22.2. The lowest BCUT2D eigenvalue weighted by molar-refractivity contribution is 0.376. The highest BCUT2D eigenvalue weighted by molar-refractivity contribution is 8.77. The fourth-order valence-electron chi connectivity index (χ4n) is 2.10. The number of nitrogens with two attached hydrogens (primary N) is 2. The van der Waals surface area contributed by atoms with Crippen molar-refractivity contribution in [3.8, 4) is 23.0 Å². The number of hydrogen-bond donors (Lipinski definition) is 2. The van der Waals surface area contributed by atoms with Gasteiger partial charge >= 0.3 is 0 Å². The van der Waals surface area contributed by atoms with Gasteiger partial charge in [0.2, 0.25) is 0 Å². The van der Waals surface area contributed by atoms with Gasteiger partial charge in [-0.2, -0.15) is 0 Å². The molecule has 0 amide bonds. The molecule has 4 N–H and O–H groups in total. The van der Waals surface area contributed by atoms with Crippen LogP contribution >= 0.6 is 43.2 Å². The van der Waals surface area contributed by atoms with Crippen molar-refractivity contribution in [1.82, 2.24) is 0 Å². The zero-order valence-electron chi connectivity index (χ0n) is 17.7. The highest BCUT2D eigenvalue weighted by Crippen LogP contribution is 2.44. The molecule has 2 rings (SSSR count). The van der Waals surface area contributed by atoms with Crippen molar-refractivity contribution in [3.63, 3.8) is 0 Å². The fourth-order valence-corrected chi connectivity index (χ4v) is 6.39. The molecule has 0 saturated carbocycles. The van der Waals surface area contributed by atoms with Gasteiger partial charge in [-0.25, -0.2) is 0 Å². The van der Waals surface area contributed by atoms with Crippen molar-refractivity contribution in [1.29, 1.82) is 0 Å². The Morgan fingerprint density at radius 3 is 1.13 bits per heavy atom. The first kappa shape index (κ1) is 27.0. The van der Waals surface area contributed by atoms with Gasteiger partial charge in [0.15, 0.2) is 0 Å². The highest BCUT2D eigenvalue weighted by Gasteiger charge is 2.11. The molecule has 0 saturated heterocycles. The van der Waals surface area contributed by atoms with Crippen LogP contribution in [-0.2, 0) is 0 Å². The van der Waals surface area contributed by atoms with E-state index in [-0.39, 0.29) is 0 Å². The molecule has 0 radical (unpaired) electrons. The van der Waals surface area contributed by atoms with Crippen molar-refractivity contribution in [3.05, 3.63) is 36.4 Å². The van der Waals surface area contributed by atoms with E-state index in [1.165, 1.54) is 0 Å². The molecule has 0 atom stereocenters. The van der Waals surface area contributed by atoms with Gasteiger partial charge in [0.05, 0.1) is 28.4 Å². The van der Waals surface area contributed by atoms with Crippen LogP contribution in [0.15, 0.2) is 46.2 Å². The number of methoxy groups -OCH3 is 4. The van der Waals surface area contributed by atoms with Crippen LogP contribution in [0.4, 0.5) is 0 Å². The third-order valence-corrected chi connectivity index (χ3v) is 8.34. The summed E-state index contributed by atoms with van der Waals surface area (Å²) in [6.07, 6.45) is 0. The summed E-state index contributed by atoms with van der Waals surface area (Å²) in [4.78, 5) is 2.03. The van der Waals surface area contributed by atoms with Gasteiger partial charge in [0, 0.05) is 24.6 Å². The Hall–Kier alpha value is -1.04. The average molecular weight is 491 g/mol. The number of rotatable bonds is 12. The third kappa shape index (κ3) is 8.99. The Kier molecular flexibility index (Phi) is 15.0. The summed E-state index contributed by atoms with van der Waals surface area (Å²) in [6.45, 7) is 1.35. The monoisotopic (exact) mass is 490 g/mol. The third-order valence-electron chi connectivity index (χ3n) is 3.45. The second-order valence-corrected chi connectivity index (χ2v) is 10.2. The maximum Gasteiger partial charge on any atom is 0.137 e. The summed E-state index contributed by atoms with van der Waals surface area (Å²) in [5.41, 5.74) is 10.9. The van der Waals surface area contributed by atoms with Crippen molar-refractivity contribution in [2.45, 2.75) is 9.79 Å². The van der Waals surface area contributed by atoms with Gasteiger partial charge in [-0.15, -0.1) is 0 Å². The van der Waals surface area contributed by atoms with Crippen LogP contribution in [0.5, 0.6) is 23.0 Å². The fraction of sp³-hybridized carbons (Fsp3) is 0.400. The average Bonchev–Trinajstić information content (AvgIpc) is 2.79. The molecule has 0 aromatic heterocycles. The van der Waals surface area contributed by atoms with Crippen LogP contribution in [0.1, 0.15) is 0 Å². The van der Waals surface area contributed by atoms with E-state index in [9.17, 15) is 0 Å². The minimum absolute atomic E-state index is 0.676. The Morgan fingerprint density at radius 1 is 0.600 bits per heavy atom. The van der Waals surface area contributed by atoms with Crippen molar-refractivity contribution < 1.29 is 18.9 Å². The second-order valence-electron chi connectivity index (χ2n) is 5.37. The summed E-state index contributed by atoms with van der Waals surface area (Å²) < 4.78 is 21.1. The largest absolute Gasteiger partial charge is 0.495 e. The number of ether oxygens (including phenoxy) is 4. The minimum atomic E-state index is 0.676. The molecule has 0 aliphatic carbocycles. The maximum atomic E-state index is 5.44. The Labute approximate surface area is 195 Å². The second kappa shape index (κ2) is 16.6. The molecule has 30 heavy (non-hydrogen) atoms. The summed E-state index contributed by atoms with van der Waals surface area (Å²) in [7, 11) is 13.3. The molecule has 0 aliphatic rings. The van der Waals surface area contributed by atoms with Gasteiger partial charge in [0.1, 0.15) is 32.8 Å². The SMILES string of the molecule is COc1cccc(OC)c1SSCCN.COc1cccc(OC)c1SSCCN. The smallest absolute Gasteiger partial charge is 0.137 e. The molecular formula is C20H30N2O4S4. The van der Waals surface area contributed by atoms with E-state index in [0.717, 1.165) is 44.3 Å². The predicted octanol–water partition coefficient (Wildman–Crippen LogP) is 4.81. The normalized spacial score (nSPS) is 10.1. The molecule has 0 spiro atoms. The number of benzene rings is 2. The molecule has 0 aliphatic heterocycles. The van der Waals surface area contributed by atoms with Crippen LogP contribution in [0.2, 0.25) is 0 Å². The molecule has 2 aromatic carbocycles. The standard InChI is InChI=1S/2C10H15NO2S2/c2*1-12-8-4-3-5-9(13-2)10(8)15-14-7-6-11/h2*3-5H,6-7,11H2,1-2H3. The van der Waals surface area contributed by atoms with E-state index in [0.29, 0.717) is 13.1 Å².